The second kappa shape index (κ2) is 13.9. The molecule has 0 bridgehead atoms. The highest BCUT2D eigenvalue weighted by Crippen LogP contribution is 2.38. The van der Waals surface area contributed by atoms with Gasteiger partial charge in [0.25, 0.3) is 0 Å². The van der Waals surface area contributed by atoms with E-state index in [-0.39, 0.29) is 47.1 Å². The van der Waals surface area contributed by atoms with Crippen molar-refractivity contribution in [3.05, 3.63) is 11.6 Å². The average Bonchev–Trinajstić information content (AvgIpc) is 2.95. The SMILES string of the molecule is CC(C)C.CCOC(=O)/C(C)=C/[C@H](C(C)C)N(C)C(=O)CNC(=O)C1N(C)CSC1(C)C. The van der Waals surface area contributed by atoms with Crippen molar-refractivity contribution in [1.29, 1.82) is 0 Å². The van der Waals surface area contributed by atoms with E-state index in [1.54, 1.807) is 43.6 Å². The molecule has 0 aliphatic carbocycles. The Kier molecular flexibility index (Phi) is 13.2. The molecule has 0 saturated carbocycles. The van der Waals surface area contributed by atoms with Crippen LogP contribution in [0.4, 0.5) is 0 Å². The van der Waals surface area contributed by atoms with Gasteiger partial charge in [0.15, 0.2) is 0 Å². The maximum absolute atomic E-state index is 12.7. The minimum atomic E-state index is -0.383. The zero-order valence-corrected chi connectivity index (χ0v) is 22.8. The van der Waals surface area contributed by atoms with Crippen LogP contribution in [0, 0.1) is 11.8 Å². The van der Waals surface area contributed by atoms with E-state index in [0.29, 0.717) is 12.2 Å². The lowest BCUT2D eigenvalue weighted by Gasteiger charge is -2.31. The molecule has 7 nitrogen and oxygen atoms in total. The Hall–Kier alpha value is -1.54. The normalized spacial score (nSPS) is 19.3. The number of hydrogen-bond donors (Lipinski definition) is 1. The lowest BCUT2D eigenvalue weighted by atomic mass is 10.00. The molecular formula is C24H45N3O4S. The van der Waals surface area contributed by atoms with Gasteiger partial charge in [0.1, 0.15) is 6.04 Å². The number of amides is 2. The van der Waals surface area contributed by atoms with Crippen LogP contribution in [0.2, 0.25) is 0 Å². The molecule has 1 N–H and O–H groups in total. The summed E-state index contributed by atoms with van der Waals surface area (Å²) >= 11 is 1.73. The third-order valence-corrected chi connectivity index (χ3v) is 6.45. The number of nitrogens with zero attached hydrogens (tertiary/aromatic N) is 2. The number of carbonyl (C=O) groups is 3. The predicted molar refractivity (Wildman–Crippen MR) is 133 cm³/mol. The van der Waals surface area contributed by atoms with E-state index < -0.39 is 0 Å². The molecule has 186 valence electrons. The summed E-state index contributed by atoms with van der Waals surface area (Å²) in [5, 5.41) is 2.78. The lowest BCUT2D eigenvalue weighted by Crippen LogP contribution is -2.52. The topological polar surface area (TPSA) is 79.0 Å². The number of carbonyl (C=O) groups excluding carboxylic acids is 3. The quantitative estimate of drug-likeness (QED) is 0.431. The molecule has 0 radical (unpaired) electrons. The molecule has 2 amide bonds. The van der Waals surface area contributed by atoms with Gasteiger partial charge in [-0.05, 0) is 46.6 Å². The summed E-state index contributed by atoms with van der Waals surface area (Å²) in [6.07, 6.45) is 1.76. The largest absolute Gasteiger partial charge is 0.463 e. The maximum atomic E-state index is 12.7. The second-order valence-electron chi connectivity index (χ2n) is 9.80. The Morgan fingerprint density at radius 2 is 1.75 bits per heavy atom. The fraction of sp³-hybridized carbons (Fsp3) is 0.792. The van der Waals surface area contributed by atoms with Gasteiger partial charge in [0.2, 0.25) is 11.8 Å². The van der Waals surface area contributed by atoms with Crippen LogP contribution in [0.25, 0.3) is 0 Å². The van der Waals surface area contributed by atoms with E-state index in [0.717, 1.165) is 11.8 Å². The van der Waals surface area contributed by atoms with Crippen LogP contribution in [0.1, 0.15) is 62.3 Å². The molecule has 1 unspecified atom stereocenters. The monoisotopic (exact) mass is 471 g/mol. The Balaban J connectivity index is 0.00000220. The van der Waals surface area contributed by atoms with E-state index in [1.807, 2.05) is 39.6 Å². The van der Waals surface area contributed by atoms with Crippen LogP contribution >= 0.6 is 11.8 Å². The van der Waals surface area contributed by atoms with Crippen LogP contribution in [-0.2, 0) is 19.1 Å². The van der Waals surface area contributed by atoms with Gasteiger partial charge in [-0.3, -0.25) is 14.5 Å². The highest BCUT2D eigenvalue weighted by Gasteiger charge is 2.44. The van der Waals surface area contributed by atoms with Crippen molar-refractivity contribution in [2.75, 3.05) is 33.1 Å². The number of likely N-dealkylation sites (N-methyl/N-ethyl adjacent to an activating group) is 2. The first-order valence-corrected chi connectivity index (χ1v) is 12.4. The van der Waals surface area contributed by atoms with Gasteiger partial charge in [-0.15, -0.1) is 11.8 Å². The van der Waals surface area contributed by atoms with Crippen molar-refractivity contribution < 1.29 is 19.1 Å². The summed E-state index contributed by atoms with van der Waals surface area (Å²) in [7, 11) is 3.60. The predicted octanol–water partition coefficient (Wildman–Crippen LogP) is 3.54. The smallest absolute Gasteiger partial charge is 0.333 e. The molecule has 1 aliphatic rings. The number of esters is 1. The molecule has 1 saturated heterocycles. The summed E-state index contributed by atoms with van der Waals surface area (Å²) in [5.74, 6) is 0.994. The van der Waals surface area contributed by atoms with Crippen LogP contribution in [0.3, 0.4) is 0 Å². The van der Waals surface area contributed by atoms with Gasteiger partial charge < -0.3 is 15.0 Å². The summed E-state index contributed by atoms with van der Waals surface area (Å²) in [4.78, 5) is 40.8. The van der Waals surface area contributed by atoms with Crippen molar-refractivity contribution in [2.24, 2.45) is 11.8 Å². The first-order chi connectivity index (χ1) is 14.6. The minimum absolute atomic E-state index is 0.0735. The molecule has 0 aromatic carbocycles. The van der Waals surface area contributed by atoms with E-state index in [2.05, 4.69) is 26.1 Å². The van der Waals surface area contributed by atoms with Crippen LogP contribution in [0.15, 0.2) is 11.6 Å². The first-order valence-electron chi connectivity index (χ1n) is 11.4. The number of nitrogens with one attached hydrogen (secondary N) is 1. The molecule has 0 spiro atoms. The first kappa shape index (κ1) is 30.5. The third kappa shape index (κ3) is 9.94. The molecule has 8 heteroatoms. The summed E-state index contributed by atoms with van der Waals surface area (Å²) in [6.45, 7) is 18.2. The van der Waals surface area contributed by atoms with E-state index in [9.17, 15) is 14.4 Å². The molecule has 0 aromatic rings. The maximum Gasteiger partial charge on any atom is 0.333 e. The number of thioether (sulfide) groups is 1. The molecule has 1 heterocycles. The minimum Gasteiger partial charge on any atom is -0.463 e. The molecule has 32 heavy (non-hydrogen) atoms. The number of rotatable bonds is 8. The highest BCUT2D eigenvalue weighted by atomic mass is 32.2. The van der Waals surface area contributed by atoms with Gasteiger partial charge in [0.05, 0.1) is 19.2 Å². The van der Waals surface area contributed by atoms with Crippen molar-refractivity contribution in [1.82, 2.24) is 15.1 Å². The van der Waals surface area contributed by atoms with E-state index >= 15 is 0 Å². The standard InChI is InChI=1S/C20H35N3O4S.C4H10/c1-9-27-19(26)14(4)10-15(13(2)3)23(8)16(24)11-21-18(25)17-20(5,6)28-12-22(17)7;1-4(2)3/h10,13,15,17H,9,11-12H2,1-8H3,(H,21,25);4H,1-3H3/b14-10+;/t15-,17?;/m1./s1. The molecule has 2 atom stereocenters. The number of hydrogen-bond acceptors (Lipinski definition) is 6. The molecule has 0 aromatic heterocycles. The van der Waals surface area contributed by atoms with Gasteiger partial charge >= 0.3 is 5.97 Å². The lowest BCUT2D eigenvalue weighted by molar-refractivity contribution is -0.138. The fourth-order valence-corrected chi connectivity index (χ4v) is 4.47. The Morgan fingerprint density at radius 1 is 1.22 bits per heavy atom. The van der Waals surface area contributed by atoms with Gasteiger partial charge in [-0.1, -0.05) is 40.7 Å². The number of ether oxygens (including phenoxy) is 1. The Bertz CT molecular complexity index is 659. The highest BCUT2D eigenvalue weighted by molar-refractivity contribution is 8.00. The second-order valence-corrected chi connectivity index (χ2v) is 11.4. The summed E-state index contributed by atoms with van der Waals surface area (Å²) in [6, 6.07) is -0.544. The molecule has 1 aliphatic heterocycles. The Labute approximate surface area is 199 Å². The van der Waals surface area contributed by atoms with E-state index in [1.165, 1.54) is 0 Å². The third-order valence-electron chi connectivity index (χ3n) is 4.94. The van der Waals surface area contributed by atoms with Crippen LogP contribution in [-0.4, -0.2) is 77.5 Å². The fourth-order valence-electron chi connectivity index (χ4n) is 3.34. The van der Waals surface area contributed by atoms with Gasteiger partial charge in [0, 0.05) is 23.2 Å². The zero-order chi connectivity index (χ0) is 25.2. The van der Waals surface area contributed by atoms with Crippen molar-refractivity contribution >= 4 is 29.5 Å². The van der Waals surface area contributed by atoms with Crippen molar-refractivity contribution in [3.63, 3.8) is 0 Å². The van der Waals surface area contributed by atoms with Crippen molar-refractivity contribution in [2.45, 2.75) is 79.1 Å². The van der Waals surface area contributed by atoms with Crippen LogP contribution in [0.5, 0.6) is 0 Å². The Morgan fingerprint density at radius 3 is 2.16 bits per heavy atom. The molecular weight excluding hydrogens is 426 g/mol. The average molecular weight is 472 g/mol. The van der Waals surface area contributed by atoms with E-state index in [4.69, 9.17) is 4.74 Å². The van der Waals surface area contributed by atoms with Gasteiger partial charge in [-0.2, -0.15) is 0 Å². The molecule has 1 fully saturated rings. The zero-order valence-electron chi connectivity index (χ0n) is 21.9. The van der Waals surface area contributed by atoms with Crippen molar-refractivity contribution in [3.8, 4) is 0 Å². The van der Waals surface area contributed by atoms with Gasteiger partial charge in [-0.25, -0.2) is 4.79 Å². The molecule has 1 rings (SSSR count). The summed E-state index contributed by atoms with van der Waals surface area (Å²) in [5.41, 5.74) is 0.468. The summed E-state index contributed by atoms with van der Waals surface area (Å²) < 4.78 is 4.82. The van der Waals surface area contributed by atoms with Crippen LogP contribution < -0.4 is 5.32 Å².